The summed E-state index contributed by atoms with van der Waals surface area (Å²) in [6.07, 6.45) is 26.8. The van der Waals surface area contributed by atoms with Crippen molar-refractivity contribution >= 4 is 5.91 Å². The van der Waals surface area contributed by atoms with Crippen LogP contribution < -0.4 is 5.32 Å². The number of hydrogen-bond donors (Lipinski definition) is 6. The number of hydrogen-bond acceptors (Lipinski definition) is 8. The molecule has 0 aromatic heterocycles. The maximum absolute atomic E-state index is 12.9. The van der Waals surface area contributed by atoms with Crippen molar-refractivity contribution in [3.8, 4) is 0 Å². The fraction of sp³-hybridized carbons (Fsp3) is 0.976. The summed E-state index contributed by atoms with van der Waals surface area (Å²) in [5.41, 5.74) is 0. The third kappa shape index (κ3) is 23.7. The molecule has 1 fully saturated rings. The average Bonchev–Trinajstić information content (AvgIpc) is 3.11. The normalized spacial score (nSPS) is 22.1. The van der Waals surface area contributed by atoms with Crippen LogP contribution in [0.1, 0.15) is 200 Å². The molecule has 298 valence electrons. The van der Waals surface area contributed by atoms with Crippen molar-refractivity contribution in [3.63, 3.8) is 0 Å². The van der Waals surface area contributed by atoms with Gasteiger partial charge in [0.05, 0.1) is 25.4 Å². The Bertz CT molecular complexity index is 756. The number of aliphatic hydroxyl groups is 5. The van der Waals surface area contributed by atoms with Gasteiger partial charge in [-0.05, 0) is 12.8 Å². The van der Waals surface area contributed by atoms with Crippen molar-refractivity contribution in [2.24, 2.45) is 0 Å². The highest BCUT2D eigenvalue weighted by Gasteiger charge is 2.44. The molecule has 1 aliphatic rings. The van der Waals surface area contributed by atoms with Crippen LogP contribution in [-0.4, -0.2) is 87.5 Å². The van der Waals surface area contributed by atoms with E-state index in [2.05, 4.69) is 19.2 Å². The summed E-state index contributed by atoms with van der Waals surface area (Å²) in [7, 11) is 0. The lowest BCUT2D eigenvalue weighted by Gasteiger charge is -2.40. The molecule has 0 spiro atoms. The number of amides is 1. The SMILES string of the molecule is CCCCCCCCCCCCCCCCCCCC(=O)NC(COC1OC(CO)C(O)C(O)C1O)C(O)CCCCCCCCCCCC. The monoisotopic (exact) mass is 716 g/mol. The molecule has 1 saturated heterocycles. The van der Waals surface area contributed by atoms with Gasteiger partial charge in [-0.25, -0.2) is 0 Å². The second-order valence-electron chi connectivity index (χ2n) is 15.1. The van der Waals surface area contributed by atoms with Gasteiger partial charge < -0.3 is 40.3 Å². The predicted molar refractivity (Wildman–Crippen MR) is 203 cm³/mol. The van der Waals surface area contributed by atoms with Crippen LogP contribution in [0.3, 0.4) is 0 Å². The molecule has 9 nitrogen and oxygen atoms in total. The Morgan fingerprint density at radius 1 is 0.600 bits per heavy atom. The summed E-state index contributed by atoms with van der Waals surface area (Å²) in [6, 6.07) is -0.709. The van der Waals surface area contributed by atoms with Crippen molar-refractivity contribution in [3.05, 3.63) is 0 Å². The zero-order chi connectivity index (χ0) is 36.7. The number of ether oxygens (including phenoxy) is 2. The zero-order valence-electron chi connectivity index (χ0n) is 32.4. The van der Waals surface area contributed by atoms with E-state index in [9.17, 15) is 30.3 Å². The molecule has 0 radical (unpaired) electrons. The van der Waals surface area contributed by atoms with E-state index in [1.54, 1.807) is 0 Å². The van der Waals surface area contributed by atoms with Crippen molar-refractivity contribution in [1.82, 2.24) is 5.32 Å². The first-order chi connectivity index (χ1) is 24.3. The van der Waals surface area contributed by atoms with Gasteiger partial charge in [-0.1, -0.05) is 181 Å². The third-order valence-electron chi connectivity index (χ3n) is 10.5. The van der Waals surface area contributed by atoms with Crippen LogP contribution in [0.4, 0.5) is 0 Å². The molecule has 7 unspecified atom stereocenters. The van der Waals surface area contributed by atoms with Crippen LogP contribution in [0, 0.1) is 0 Å². The predicted octanol–water partition coefficient (Wildman–Crippen LogP) is 8.00. The van der Waals surface area contributed by atoms with Gasteiger partial charge in [-0.2, -0.15) is 0 Å². The molecule has 0 bridgehead atoms. The van der Waals surface area contributed by atoms with Crippen LogP contribution in [0.15, 0.2) is 0 Å². The van der Waals surface area contributed by atoms with Crippen LogP contribution >= 0.6 is 0 Å². The zero-order valence-corrected chi connectivity index (χ0v) is 32.4. The molecule has 1 rings (SSSR count). The second kappa shape index (κ2) is 32.8. The molecule has 6 N–H and O–H groups in total. The van der Waals surface area contributed by atoms with E-state index < -0.39 is 49.5 Å². The molecule has 1 aliphatic heterocycles. The smallest absolute Gasteiger partial charge is 0.220 e. The highest BCUT2D eigenvalue weighted by Crippen LogP contribution is 2.23. The fourth-order valence-electron chi connectivity index (χ4n) is 6.98. The van der Waals surface area contributed by atoms with E-state index in [1.165, 1.54) is 135 Å². The summed E-state index contributed by atoms with van der Waals surface area (Å²) in [4.78, 5) is 12.9. The molecule has 1 amide bonds. The minimum absolute atomic E-state index is 0.133. The Morgan fingerprint density at radius 3 is 1.42 bits per heavy atom. The summed E-state index contributed by atoms with van der Waals surface area (Å²) in [6.45, 7) is 3.82. The van der Waals surface area contributed by atoms with Gasteiger partial charge in [0.25, 0.3) is 0 Å². The van der Waals surface area contributed by atoms with Crippen molar-refractivity contribution < 1.29 is 39.8 Å². The van der Waals surface area contributed by atoms with E-state index in [0.717, 1.165) is 38.5 Å². The third-order valence-corrected chi connectivity index (χ3v) is 10.5. The Hall–Kier alpha value is -0.810. The van der Waals surface area contributed by atoms with Gasteiger partial charge in [0, 0.05) is 6.42 Å². The van der Waals surface area contributed by atoms with Gasteiger partial charge in [0.1, 0.15) is 24.4 Å². The van der Waals surface area contributed by atoms with Crippen molar-refractivity contribution in [1.29, 1.82) is 0 Å². The fourth-order valence-corrected chi connectivity index (χ4v) is 6.98. The van der Waals surface area contributed by atoms with Crippen LogP contribution in [0.25, 0.3) is 0 Å². The quantitative estimate of drug-likeness (QED) is 0.0362. The highest BCUT2D eigenvalue weighted by molar-refractivity contribution is 5.76. The molecule has 0 saturated carbocycles. The first-order valence-electron chi connectivity index (χ1n) is 21.2. The summed E-state index contributed by atoms with van der Waals surface area (Å²) < 4.78 is 11.2. The summed E-state index contributed by atoms with van der Waals surface area (Å²) in [5.74, 6) is -0.143. The van der Waals surface area contributed by atoms with Crippen LogP contribution in [0.2, 0.25) is 0 Å². The number of aliphatic hydroxyl groups excluding tert-OH is 5. The van der Waals surface area contributed by atoms with Crippen molar-refractivity contribution in [2.75, 3.05) is 13.2 Å². The van der Waals surface area contributed by atoms with E-state index in [0.29, 0.717) is 12.8 Å². The Balaban J connectivity index is 2.32. The number of nitrogens with one attached hydrogen (secondary N) is 1. The number of rotatable bonds is 35. The molecule has 0 aromatic rings. The van der Waals surface area contributed by atoms with E-state index >= 15 is 0 Å². The topological polar surface area (TPSA) is 149 Å². The average molecular weight is 716 g/mol. The molecule has 9 heteroatoms. The van der Waals surface area contributed by atoms with E-state index in [4.69, 9.17) is 9.47 Å². The lowest BCUT2D eigenvalue weighted by Crippen LogP contribution is -2.60. The molecule has 7 atom stereocenters. The summed E-state index contributed by atoms with van der Waals surface area (Å²) >= 11 is 0. The first kappa shape index (κ1) is 47.2. The molecule has 50 heavy (non-hydrogen) atoms. The molecular weight excluding hydrogens is 634 g/mol. The van der Waals surface area contributed by atoms with Crippen molar-refractivity contribution in [2.45, 2.75) is 243 Å². The maximum Gasteiger partial charge on any atom is 0.220 e. The number of unbranched alkanes of at least 4 members (excludes halogenated alkanes) is 25. The van der Waals surface area contributed by atoms with Gasteiger partial charge >= 0.3 is 0 Å². The first-order valence-corrected chi connectivity index (χ1v) is 21.2. The molecular formula is C41H81NO8. The number of carbonyl (C=O) groups is 1. The maximum atomic E-state index is 12.9. The van der Waals surface area contributed by atoms with Gasteiger partial charge in [0.2, 0.25) is 5.91 Å². The molecule has 0 aliphatic carbocycles. The summed E-state index contributed by atoms with van der Waals surface area (Å²) in [5, 5.41) is 54.1. The van der Waals surface area contributed by atoms with Gasteiger partial charge in [-0.3, -0.25) is 4.79 Å². The minimum atomic E-state index is -1.55. The Kier molecular flexibility index (Phi) is 31.0. The van der Waals surface area contributed by atoms with Gasteiger partial charge in [-0.15, -0.1) is 0 Å². The highest BCUT2D eigenvalue weighted by atomic mass is 16.7. The Labute approximate surface area is 306 Å². The standard InChI is InChI=1S/C41H81NO8/c1-3-5-7-9-11-13-15-16-17-18-19-20-21-23-25-27-29-31-37(45)42-34(33-49-41-40(48)39(47)38(46)36(32-43)50-41)35(44)30-28-26-24-22-14-12-10-8-6-4-2/h34-36,38-41,43-44,46-48H,3-33H2,1-2H3,(H,42,45). The van der Waals surface area contributed by atoms with E-state index in [-0.39, 0.29) is 12.5 Å². The lowest BCUT2D eigenvalue weighted by atomic mass is 9.99. The molecule has 0 aromatic carbocycles. The second-order valence-corrected chi connectivity index (χ2v) is 15.1. The van der Waals surface area contributed by atoms with Crippen LogP contribution in [0.5, 0.6) is 0 Å². The van der Waals surface area contributed by atoms with Crippen LogP contribution in [-0.2, 0) is 14.3 Å². The largest absolute Gasteiger partial charge is 0.394 e. The van der Waals surface area contributed by atoms with Gasteiger partial charge in [0.15, 0.2) is 6.29 Å². The lowest BCUT2D eigenvalue weighted by molar-refractivity contribution is -0.302. The number of carbonyl (C=O) groups excluding carboxylic acids is 1. The van der Waals surface area contributed by atoms with E-state index in [1.807, 2.05) is 0 Å². The molecule has 1 heterocycles. The minimum Gasteiger partial charge on any atom is -0.394 e. The Morgan fingerprint density at radius 2 is 1.00 bits per heavy atom.